The summed E-state index contributed by atoms with van der Waals surface area (Å²) in [4.78, 5) is 15.0. The van der Waals surface area contributed by atoms with Crippen LogP contribution in [0.15, 0.2) is 23.2 Å². The van der Waals surface area contributed by atoms with Gasteiger partial charge in [-0.1, -0.05) is 0 Å². The molecule has 0 radical (unpaired) electrons. The van der Waals surface area contributed by atoms with Crippen LogP contribution in [0, 0.1) is 11.6 Å². The van der Waals surface area contributed by atoms with E-state index in [4.69, 9.17) is 4.74 Å². The second-order valence-corrected chi connectivity index (χ2v) is 3.02. The van der Waals surface area contributed by atoms with Gasteiger partial charge in [-0.2, -0.15) is 0 Å². The second kappa shape index (κ2) is 5.34. The first-order chi connectivity index (χ1) is 7.54. The maximum atomic E-state index is 12.8. The predicted molar refractivity (Wildman–Crippen MR) is 55.8 cm³/mol. The van der Waals surface area contributed by atoms with E-state index in [1.807, 2.05) is 0 Å². The van der Waals surface area contributed by atoms with Crippen molar-refractivity contribution in [2.24, 2.45) is 4.99 Å². The fraction of sp³-hybridized carbons (Fsp3) is 0.273. The van der Waals surface area contributed by atoms with Crippen LogP contribution in [0.1, 0.15) is 13.8 Å². The summed E-state index contributed by atoms with van der Waals surface area (Å²) in [5, 5.41) is 0. The van der Waals surface area contributed by atoms with Crippen molar-refractivity contribution in [1.82, 2.24) is 0 Å². The van der Waals surface area contributed by atoms with Gasteiger partial charge in [0.1, 0.15) is 5.71 Å². The van der Waals surface area contributed by atoms with E-state index in [1.165, 1.54) is 13.0 Å². The van der Waals surface area contributed by atoms with Crippen LogP contribution in [0.2, 0.25) is 0 Å². The molecule has 0 saturated carbocycles. The Hall–Kier alpha value is -1.78. The molecule has 0 aromatic heterocycles. The van der Waals surface area contributed by atoms with Crippen molar-refractivity contribution in [3.05, 3.63) is 29.8 Å². The first kappa shape index (κ1) is 12.3. The number of benzene rings is 1. The summed E-state index contributed by atoms with van der Waals surface area (Å²) in [6.45, 7) is 3.35. The molecule has 0 bridgehead atoms. The number of esters is 1. The molecule has 0 atom stereocenters. The molecule has 86 valence electrons. The van der Waals surface area contributed by atoms with Crippen LogP contribution < -0.4 is 0 Å². The van der Waals surface area contributed by atoms with E-state index < -0.39 is 17.6 Å². The average Bonchev–Trinajstić information content (AvgIpc) is 2.24. The molecule has 0 amide bonds. The normalized spacial score (nSPS) is 11.4. The van der Waals surface area contributed by atoms with Gasteiger partial charge < -0.3 is 4.74 Å². The van der Waals surface area contributed by atoms with Crippen molar-refractivity contribution < 1.29 is 18.3 Å². The molecule has 1 aromatic carbocycles. The first-order valence-electron chi connectivity index (χ1n) is 4.72. The smallest absolute Gasteiger partial charge is 0.352 e. The topological polar surface area (TPSA) is 38.7 Å². The standard InChI is InChI=1S/C11H11F2NO2/c1-3-16-11(15)7(2)14-8-4-5-9(12)10(13)6-8/h4-6H,3H2,1-2H3. The highest BCUT2D eigenvalue weighted by Gasteiger charge is 2.07. The SMILES string of the molecule is CCOC(=O)C(C)=Nc1ccc(F)c(F)c1. The Morgan fingerprint density at radius 1 is 1.38 bits per heavy atom. The minimum atomic E-state index is -1.00. The fourth-order valence-electron chi connectivity index (χ4n) is 1.03. The quantitative estimate of drug-likeness (QED) is 0.588. The number of carbonyl (C=O) groups excluding carboxylic acids is 1. The molecule has 0 saturated heterocycles. The van der Waals surface area contributed by atoms with Crippen LogP contribution in [-0.4, -0.2) is 18.3 Å². The molecular weight excluding hydrogens is 216 g/mol. The maximum Gasteiger partial charge on any atom is 0.352 e. The number of aliphatic imine (C=N–C) groups is 1. The van der Waals surface area contributed by atoms with Crippen LogP contribution in [0.25, 0.3) is 0 Å². The number of nitrogens with zero attached hydrogens (tertiary/aromatic N) is 1. The molecule has 0 aliphatic carbocycles. The molecule has 0 spiro atoms. The summed E-state index contributed by atoms with van der Waals surface area (Å²) in [6, 6.07) is 3.14. The van der Waals surface area contributed by atoms with Gasteiger partial charge in [0.05, 0.1) is 12.3 Å². The van der Waals surface area contributed by atoms with Gasteiger partial charge in [0, 0.05) is 6.07 Å². The Morgan fingerprint density at radius 2 is 2.06 bits per heavy atom. The average molecular weight is 227 g/mol. The van der Waals surface area contributed by atoms with Crippen LogP contribution in [0.3, 0.4) is 0 Å². The van der Waals surface area contributed by atoms with Gasteiger partial charge in [-0.25, -0.2) is 18.6 Å². The van der Waals surface area contributed by atoms with Gasteiger partial charge in [-0.3, -0.25) is 0 Å². The summed E-state index contributed by atoms with van der Waals surface area (Å²) in [5.74, 6) is -2.53. The van der Waals surface area contributed by atoms with E-state index in [-0.39, 0.29) is 18.0 Å². The van der Waals surface area contributed by atoms with E-state index in [0.717, 1.165) is 12.1 Å². The van der Waals surface area contributed by atoms with Crippen LogP contribution >= 0.6 is 0 Å². The molecule has 3 nitrogen and oxygen atoms in total. The maximum absolute atomic E-state index is 12.8. The highest BCUT2D eigenvalue weighted by Crippen LogP contribution is 2.16. The molecule has 0 heterocycles. The Balaban J connectivity index is 2.89. The van der Waals surface area contributed by atoms with Gasteiger partial charge in [0.15, 0.2) is 11.6 Å². The molecule has 0 N–H and O–H groups in total. The minimum absolute atomic E-state index is 0.0906. The summed E-state index contributed by atoms with van der Waals surface area (Å²) in [7, 11) is 0. The number of hydrogen-bond donors (Lipinski definition) is 0. The van der Waals surface area contributed by atoms with E-state index in [9.17, 15) is 13.6 Å². The minimum Gasteiger partial charge on any atom is -0.462 e. The molecule has 1 aromatic rings. The number of rotatable bonds is 3. The first-order valence-corrected chi connectivity index (χ1v) is 4.72. The zero-order chi connectivity index (χ0) is 12.1. The Bertz CT molecular complexity index is 430. The second-order valence-electron chi connectivity index (χ2n) is 3.02. The number of ether oxygens (including phenoxy) is 1. The van der Waals surface area contributed by atoms with Crippen molar-refractivity contribution in [2.75, 3.05) is 6.61 Å². The molecular formula is C11H11F2NO2. The highest BCUT2D eigenvalue weighted by atomic mass is 19.2. The molecule has 0 aliphatic heterocycles. The van der Waals surface area contributed by atoms with Crippen LogP contribution in [-0.2, 0) is 9.53 Å². The van der Waals surface area contributed by atoms with Gasteiger partial charge in [-0.05, 0) is 26.0 Å². The fourth-order valence-corrected chi connectivity index (χ4v) is 1.03. The molecule has 1 rings (SSSR count). The third-order valence-electron chi connectivity index (χ3n) is 1.77. The van der Waals surface area contributed by atoms with Crippen LogP contribution in [0.5, 0.6) is 0 Å². The van der Waals surface area contributed by atoms with E-state index in [1.54, 1.807) is 6.92 Å². The number of hydrogen-bond acceptors (Lipinski definition) is 3. The van der Waals surface area contributed by atoms with Gasteiger partial charge in [0.25, 0.3) is 0 Å². The van der Waals surface area contributed by atoms with Crippen molar-refractivity contribution in [3.63, 3.8) is 0 Å². The molecule has 0 aliphatic rings. The summed E-state index contributed by atoms with van der Waals surface area (Å²) in [6.07, 6.45) is 0. The molecule has 0 unspecified atom stereocenters. The van der Waals surface area contributed by atoms with Crippen molar-refractivity contribution in [1.29, 1.82) is 0 Å². The lowest BCUT2D eigenvalue weighted by atomic mass is 10.3. The van der Waals surface area contributed by atoms with Crippen molar-refractivity contribution in [2.45, 2.75) is 13.8 Å². The molecule has 0 fully saturated rings. The summed E-state index contributed by atoms with van der Waals surface area (Å²) in [5.41, 5.74) is 0.261. The lowest BCUT2D eigenvalue weighted by Gasteiger charge is -2.01. The third kappa shape index (κ3) is 3.12. The number of halogens is 2. The lowest BCUT2D eigenvalue weighted by molar-refractivity contribution is -0.135. The summed E-state index contributed by atoms with van der Waals surface area (Å²) < 4.78 is 30.1. The predicted octanol–water partition coefficient (Wildman–Crippen LogP) is 2.62. The third-order valence-corrected chi connectivity index (χ3v) is 1.77. The Labute approximate surface area is 91.8 Å². The largest absolute Gasteiger partial charge is 0.462 e. The van der Waals surface area contributed by atoms with Gasteiger partial charge in [-0.15, -0.1) is 0 Å². The zero-order valence-corrected chi connectivity index (χ0v) is 8.96. The highest BCUT2D eigenvalue weighted by molar-refractivity contribution is 6.35. The van der Waals surface area contributed by atoms with Gasteiger partial charge in [0.2, 0.25) is 0 Å². The van der Waals surface area contributed by atoms with E-state index >= 15 is 0 Å². The Morgan fingerprint density at radius 3 is 2.62 bits per heavy atom. The van der Waals surface area contributed by atoms with E-state index in [2.05, 4.69) is 4.99 Å². The monoisotopic (exact) mass is 227 g/mol. The summed E-state index contributed by atoms with van der Waals surface area (Å²) >= 11 is 0. The zero-order valence-electron chi connectivity index (χ0n) is 8.96. The molecule has 16 heavy (non-hydrogen) atoms. The van der Waals surface area contributed by atoms with Crippen molar-refractivity contribution in [3.8, 4) is 0 Å². The Kier molecular flexibility index (Phi) is 4.10. The molecule has 5 heteroatoms. The van der Waals surface area contributed by atoms with Gasteiger partial charge >= 0.3 is 5.97 Å². The van der Waals surface area contributed by atoms with Crippen molar-refractivity contribution >= 4 is 17.4 Å². The lowest BCUT2D eigenvalue weighted by Crippen LogP contribution is -2.13. The van der Waals surface area contributed by atoms with E-state index in [0.29, 0.717) is 0 Å². The number of carbonyl (C=O) groups is 1. The van der Waals surface area contributed by atoms with Crippen LogP contribution in [0.4, 0.5) is 14.5 Å².